The number of hydrogen-bond donors (Lipinski definition) is 0. The van der Waals surface area contributed by atoms with Gasteiger partial charge in [0.25, 0.3) is 11.5 Å². The van der Waals surface area contributed by atoms with Gasteiger partial charge in [-0.2, -0.15) is 0 Å². The Hall–Kier alpha value is -3.42. The third kappa shape index (κ3) is 3.72. The van der Waals surface area contributed by atoms with Crippen molar-refractivity contribution < 1.29 is 9.21 Å². The van der Waals surface area contributed by atoms with Crippen molar-refractivity contribution in [3.63, 3.8) is 0 Å². The van der Waals surface area contributed by atoms with Gasteiger partial charge in [-0.25, -0.2) is 9.78 Å². The highest BCUT2D eigenvalue weighted by atomic mass is 16.4. The highest BCUT2D eigenvalue weighted by Gasteiger charge is 2.33. The SMILES string of the molecule is Cn1c(C(=O)N2CCCCC2c2ncc(Cc3ccccc3)o2)cc(=O)n(C)c1=O. The lowest BCUT2D eigenvalue weighted by Gasteiger charge is -2.34. The van der Waals surface area contributed by atoms with Gasteiger partial charge in [-0.05, 0) is 24.8 Å². The number of carbonyl (C=O) groups is 1. The number of amides is 1. The molecule has 1 fully saturated rings. The molecule has 0 bridgehead atoms. The van der Waals surface area contributed by atoms with Crippen LogP contribution in [0.1, 0.15) is 53.0 Å². The monoisotopic (exact) mass is 408 g/mol. The highest BCUT2D eigenvalue weighted by Crippen LogP contribution is 2.32. The van der Waals surface area contributed by atoms with Crippen molar-refractivity contribution in [3.05, 3.63) is 86.3 Å². The van der Waals surface area contributed by atoms with E-state index in [9.17, 15) is 14.4 Å². The number of hydrogen-bond acceptors (Lipinski definition) is 5. The molecule has 3 heterocycles. The summed E-state index contributed by atoms with van der Waals surface area (Å²) in [5.74, 6) is 0.859. The maximum absolute atomic E-state index is 13.3. The average molecular weight is 408 g/mol. The molecule has 0 aliphatic carbocycles. The molecule has 0 spiro atoms. The minimum Gasteiger partial charge on any atom is -0.443 e. The summed E-state index contributed by atoms with van der Waals surface area (Å²) in [6.07, 6.45) is 4.83. The Balaban J connectivity index is 1.62. The minimum absolute atomic E-state index is 0.0751. The van der Waals surface area contributed by atoms with E-state index in [1.807, 2.05) is 30.3 Å². The number of benzene rings is 1. The highest BCUT2D eigenvalue weighted by molar-refractivity contribution is 5.92. The second-order valence-electron chi connectivity index (χ2n) is 7.61. The number of oxazole rings is 1. The summed E-state index contributed by atoms with van der Waals surface area (Å²) in [7, 11) is 2.89. The van der Waals surface area contributed by atoms with E-state index in [0.717, 1.165) is 35.2 Å². The van der Waals surface area contributed by atoms with Crippen molar-refractivity contribution in [2.75, 3.05) is 6.54 Å². The van der Waals surface area contributed by atoms with Gasteiger partial charge in [0.05, 0.1) is 6.20 Å². The zero-order chi connectivity index (χ0) is 21.3. The van der Waals surface area contributed by atoms with E-state index >= 15 is 0 Å². The summed E-state index contributed by atoms with van der Waals surface area (Å²) in [6.45, 7) is 0.517. The average Bonchev–Trinajstić information content (AvgIpc) is 3.23. The van der Waals surface area contributed by atoms with E-state index in [0.29, 0.717) is 18.9 Å². The lowest BCUT2D eigenvalue weighted by Crippen LogP contribution is -2.44. The van der Waals surface area contributed by atoms with Gasteiger partial charge in [0, 0.05) is 33.1 Å². The van der Waals surface area contributed by atoms with E-state index in [-0.39, 0.29) is 17.6 Å². The topological polar surface area (TPSA) is 90.3 Å². The fourth-order valence-corrected chi connectivity index (χ4v) is 3.87. The Labute approximate surface area is 173 Å². The third-order valence-corrected chi connectivity index (χ3v) is 5.59. The van der Waals surface area contributed by atoms with Crippen molar-refractivity contribution >= 4 is 5.91 Å². The van der Waals surface area contributed by atoms with Crippen LogP contribution in [0.25, 0.3) is 0 Å². The molecule has 1 unspecified atom stereocenters. The van der Waals surface area contributed by atoms with Crippen LogP contribution < -0.4 is 11.2 Å². The lowest BCUT2D eigenvalue weighted by molar-refractivity contribution is 0.0558. The van der Waals surface area contributed by atoms with E-state index < -0.39 is 11.2 Å². The molecule has 0 saturated carbocycles. The van der Waals surface area contributed by atoms with Gasteiger partial charge in [0.15, 0.2) is 0 Å². The number of likely N-dealkylation sites (tertiary alicyclic amines) is 1. The van der Waals surface area contributed by atoms with Crippen LogP contribution in [-0.4, -0.2) is 31.5 Å². The Bertz CT molecular complexity index is 1180. The Morgan fingerprint density at radius 1 is 1.13 bits per heavy atom. The smallest absolute Gasteiger partial charge is 0.331 e. The van der Waals surface area contributed by atoms with Crippen LogP contribution in [-0.2, 0) is 20.5 Å². The maximum atomic E-state index is 13.3. The first-order valence-corrected chi connectivity index (χ1v) is 10.0. The molecule has 1 saturated heterocycles. The number of piperidine rings is 1. The number of aromatic nitrogens is 3. The van der Waals surface area contributed by atoms with Crippen molar-refractivity contribution in [2.24, 2.45) is 14.1 Å². The Morgan fingerprint density at radius 3 is 2.67 bits per heavy atom. The molecule has 3 aromatic rings. The molecule has 1 atom stereocenters. The summed E-state index contributed by atoms with van der Waals surface area (Å²) in [5, 5.41) is 0. The molecular weight excluding hydrogens is 384 g/mol. The van der Waals surface area contributed by atoms with Gasteiger partial charge >= 0.3 is 5.69 Å². The van der Waals surface area contributed by atoms with Crippen LogP contribution in [0.5, 0.6) is 0 Å². The fraction of sp³-hybridized carbons (Fsp3) is 0.364. The molecule has 1 aliphatic heterocycles. The Morgan fingerprint density at radius 2 is 1.90 bits per heavy atom. The fourth-order valence-electron chi connectivity index (χ4n) is 3.87. The van der Waals surface area contributed by atoms with Gasteiger partial charge in [-0.3, -0.25) is 18.7 Å². The molecule has 1 aromatic carbocycles. The second-order valence-corrected chi connectivity index (χ2v) is 7.61. The first-order valence-electron chi connectivity index (χ1n) is 10.0. The molecule has 8 heteroatoms. The molecule has 0 radical (unpaired) electrons. The molecule has 1 amide bonds. The van der Waals surface area contributed by atoms with Crippen LogP contribution >= 0.6 is 0 Å². The van der Waals surface area contributed by atoms with Crippen molar-refractivity contribution in [1.29, 1.82) is 0 Å². The first kappa shape index (κ1) is 19.9. The molecule has 156 valence electrons. The molecule has 8 nitrogen and oxygen atoms in total. The van der Waals surface area contributed by atoms with Crippen LogP contribution in [0.15, 0.2) is 56.6 Å². The van der Waals surface area contributed by atoms with E-state index in [1.165, 1.54) is 24.7 Å². The van der Waals surface area contributed by atoms with Crippen LogP contribution in [0, 0.1) is 0 Å². The largest absolute Gasteiger partial charge is 0.443 e. The van der Waals surface area contributed by atoms with Gasteiger partial charge in [0.1, 0.15) is 17.5 Å². The Kier molecular flexibility index (Phi) is 5.39. The summed E-state index contributed by atoms with van der Waals surface area (Å²) < 4.78 is 8.20. The van der Waals surface area contributed by atoms with Crippen LogP contribution in [0.2, 0.25) is 0 Å². The van der Waals surface area contributed by atoms with Gasteiger partial charge in [-0.15, -0.1) is 0 Å². The maximum Gasteiger partial charge on any atom is 0.331 e. The van der Waals surface area contributed by atoms with Crippen molar-refractivity contribution in [3.8, 4) is 0 Å². The number of nitrogens with zero attached hydrogens (tertiary/aromatic N) is 4. The second kappa shape index (κ2) is 8.14. The zero-order valence-corrected chi connectivity index (χ0v) is 17.1. The summed E-state index contributed by atoms with van der Waals surface area (Å²) in [4.78, 5) is 43.7. The quantitative estimate of drug-likeness (QED) is 0.659. The number of rotatable bonds is 4. The molecule has 4 rings (SSSR count). The van der Waals surface area contributed by atoms with Crippen LogP contribution in [0.4, 0.5) is 0 Å². The van der Waals surface area contributed by atoms with E-state index in [2.05, 4.69) is 4.98 Å². The lowest BCUT2D eigenvalue weighted by atomic mass is 10.0. The minimum atomic E-state index is -0.527. The van der Waals surface area contributed by atoms with Gasteiger partial charge < -0.3 is 9.32 Å². The molecular formula is C22H24N4O4. The summed E-state index contributed by atoms with van der Waals surface area (Å²) in [6, 6.07) is 10.8. The predicted molar refractivity (Wildman–Crippen MR) is 110 cm³/mol. The van der Waals surface area contributed by atoms with Crippen molar-refractivity contribution in [1.82, 2.24) is 19.0 Å². The zero-order valence-electron chi connectivity index (χ0n) is 17.1. The van der Waals surface area contributed by atoms with Crippen LogP contribution in [0.3, 0.4) is 0 Å². The summed E-state index contributed by atoms with van der Waals surface area (Å²) >= 11 is 0. The summed E-state index contributed by atoms with van der Waals surface area (Å²) in [5.41, 5.74) is 0.162. The van der Waals surface area contributed by atoms with Gasteiger partial charge in [0.2, 0.25) is 5.89 Å². The predicted octanol–water partition coefficient (Wildman–Crippen LogP) is 2.03. The van der Waals surface area contributed by atoms with E-state index in [4.69, 9.17) is 4.42 Å². The van der Waals surface area contributed by atoms with Crippen molar-refractivity contribution in [2.45, 2.75) is 31.7 Å². The third-order valence-electron chi connectivity index (χ3n) is 5.59. The standard InChI is InChI=1S/C22H24N4O4/c1-24-18(13-19(27)25(2)22(24)29)21(28)26-11-7-6-10-17(26)20-23-14-16(30-20)12-15-8-4-3-5-9-15/h3-5,8-9,13-14,17H,6-7,10-12H2,1-2H3. The molecule has 0 N–H and O–H groups in total. The number of carbonyl (C=O) groups excluding carboxylic acids is 1. The molecule has 1 aliphatic rings. The normalized spacial score (nSPS) is 16.6. The first-order chi connectivity index (χ1) is 14.5. The molecule has 2 aromatic heterocycles. The molecule has 30 heavy (non-hydrogen) atoms. The van der Waals surface area contributed by atoms with E-state index in [1.54, 1.807) is 11.1 Å². The van der Waals surface area contributed by atoms with Gasteiger partial charge in [-0.1, -0.05) is 30.3 Å².